The summed E-state index contributed by atoms with van der Waals surface area (Å²) in [5.74, 6) is 0.609. The van der Waals surface area contributed by atoms with Gasteiger partial charge in [0, 0.05) is 12.6 Å². The van der Waals surface area contributed by atoms with E-state index in [0.29, 0.717) is 12.0 Å². The summed E-state index contributed by atoms with van der Waals surface area (Å²) < 4.78 is 5.55. The second-order valence-electron chi connectivity index (χ2n) is 6.49. The fourth-order valence-corrected chi connectivity index (χ4v) is 3.04. The van der Waals surface area contributed by atoms with Gasteiger partial charge in [-0.3, -0.25) is 0 Å². The van der Waals surface area contributed by atoms with E-state index >= 15 is 0 Å². The summed E-state index contributed by atoms with van der Waals surface area (Å²) in [7, 11) is 0. The highest BCUT2D eigenvalue weighted by Gasteiger charge is 2.36. The number of hydrogen-bond donors (Lipinski definition) is 1. The SMILES string of the molecule is CC(C)(C)OC(=O)N1CCCNCC2CCCC21. The molecule has 1 amide bonds. The molecule has 2 unspecified atom stereocenters. The molecule has 1 aliphatic carbocycles. The van der Waals surface area contributed by atoms with Crippen LogP contribution < -0.4 is 5.32 Å². The Labute approximate surface area is 110 Å². The van der Waals surface area contributed by atoms with Crippen molar-refractivity contribution in [3.63, 3.8) is 0 Å². The summed E-state index contributed by atoms with van der Waals surface area (Å²) in [6, 6.07) is 0.382. The fourth-order valence-electron chi connectivity index (χ4n) is 3.04. The lowest BCUT2D eigenvalue weighted by atomic mass is 10.0. The van der Waals surface area contributed by atoms with Crippen molar-refractivity contribution in [2.45, 2.75) is 58.1 Å². The topological polar surface area (TPSA) is 41.6 Å². The van der Waals surface area contributed by atoms with Crippen molar-refractivity contribution in [3.8, 4) is 0 Å². The second-order valence-corrected chi connectivity index (χ2v) is 6.49. The lowest BCUT2D eigenvalue weighted by molar-refractivity contribution is 0.0103. The van der Waals surface area contributed by atoms with E-state index in [4.69, 9.17) is 4.74 Å². The van der Waals surface area contributed by atoms with Crippen LogP contribution in [0.1, 0.15) is 46.5 Å². The number of nitrogens with one attached hydrogen (secondary N) is 1. The number of hydrogen-bond acceptors (Lipinski definition) is 3. The van der Waals surface area contributed by atoms with Crippen molar-refractivity contribution in [2.75, 3.05) is 19.6 Å². The highest BCUT2D eigenvalue weighted by molar-refractivity contribution is 5.68. The van der Waals surface area contributed by atoms with Crippen LogP contribution in [0.5, 0.6) is 0 Å². The highest BCUT2D eigenvalue weighted by Crippen LogP contribution is 2.31. The molecule has 0 bridgehead atoms. The average Bonchev–Trinajstić information content (AvgIpc) is 2.62. The van der Waals surface area contributed by atoms with Gasteiger partial charge in [0.15, 0.2) is 0 Å². The smallest absolute Gasteiger partial charge is 0.410 e. The van der Waals surface area contributed by atoms with Gasteiger partial charge in [-0.1, -0.05) is 6.42 Å². The average molecular weight is 254 g/mol. The monoisotopic (exact) mass is 254 g/mol. The molecule has 2 rings (SSSR count). The summed E-state index contributed by atoms with van der Waals surface area (Å²) in [5.41, 5.74) is -0.397. The number of fused-ring (bicyclic) bond motifs is 1. The fraction of sp³-hybridized carbons (Fsp3) is 0.929. The third-order valence-corrected chi connectivity index (χ3v) is 3.81. The summed E-state index contributed by atoms with van der Waals surface area (Å²) in [4.78, 5) is 14.3. The molecule has 1 aliphatic heterocycles. The molecule has 18 heavy (non-hydrogen) atoms. The lowest BCUT2D eigenvalue weighted by Crippen LogP contribution is -2.49. The predicted octanol–water partition coefficient (Wildman–Crippen LogP) is 2.39. The Morgan fingerprint density at radius 3 is 2.78 bits per heavy atom. The van der Waals surface area contributed by atoms with Gasteiger partial charge in [-0.15, -0.1) is 0 Å². The second kappa shape index (κ2) is 5.47. The van der Waals surface area contributed by atoms with E-state index in [1.165, 1.54) is 12.8 Å². The number of carbonyl (C=O) groups is 1. The molecule has 1 saturated heterocycles. The Hall–Kier alpha value is -0.770. The van der Waals surface area contributed by atoms with Gasteiger partial charge >= 0.3 is 6.09 Å². The summed E-state index contributed by atoms with van der Waals surface area (Å²) in [5, 5.41) is 3.49. The zero-order valence-electron chi connectivity index (χ0n) is 11.9. The minimum atomic E-state index is -0.397. The maximum absolute atomic E-state index is 12.3. The van der Waals surface area contributed by atoms with Crippen molar-refractivity contribution in [3.05, 3.63) is 0 Å². The van der Waals surface area contributed by atoms with E-state index in [2.05, 4.69) is 5.32 Å². The lowest BCUT2D eigenvalue weighted by Gasteiger charge is -2.36. The normalized spacial score (nSPS) is 29.4. The number of amides is 1. The standard InChI is InChI=1S/C14H26N2O2/c1-14(2,3)18-13(17)16-9-5-8-15-10-11-6-4-7-12(11)16/h11-12,15H,4-10H2,1-3H3. The number of nitrogens with zero attached hydrogens (tertiary/aromatic N) is 1. The molecule has 0 radical (unpaired) electrons. The number of carbonyl (C=O) groups excluding carboxylic acids is 1. The molecular weight excluding hydrogens is 228 g/mol. The van der Waals surface area contributed by atoms with E-state index in [1.807, 2.05) is 25.7 Å². The van der Waals surface area contributed by atoms with Crippen LogP contribution in [-0.4, -0.2) is 42.3 Å². The largest absolute Gasteiger partial charge is 0.444 e. The summed E-state index contributed by atoms with van der Waals surface area (Å²) in [6.07, 6.45) is 4.49. The van der Waals surface area contributed by atoms with Gasteiger partial charge in [-0.2, -0.15) is 0 Å². The zero-order chi connectivity index (χ0) is 13.2. The van der Waals surface area contributed by atoms with Gasteiger partial charge in [-0.05, 0) is 59.0 Å². The van der Waals surface area contributed by atoms with Gasteiger partial charge in [0.05, 0.1) is 0 Å². The molecule has 0 aromatic carbocycles. The molecule has 2 atom stereocenters. The third-order valence-electron chi connectivity index (χ3n) is 3.81. The van der Waals surface area contributed by atoms with Gasteiger partial charge in [0.25, 0.3) is 0 Å². The first-order chi connectivity index (χ1) is 8.47. The first kappa shape index (κ1) is 13.7. The van der Waals surface area contributed by atoms with Crippen molar-refractivity contribution < 1.29 is 9.53 Å². The first-order valence-electron chi connectivity index (χ1n) is 7.18. The van der Waals surface area contributed by atoms with Crippen molar-refractivity contribution in [1.29, 1.82) is 0 Å². The van der Waals surface area contributed by atoms with Crippen LogP contribution in [0.15, 0.2) is 0 Å². The van der Waals surface area contributed by atoms with Gasteiger partial charge in [-0.25, -0.2) is 4.79 Å². The molecule has 2 fully saturated rings. The van der Waals surface area contributed by atoms with E-state index in [-0.39, 0.29) is 6.09 Å². The maximum Gasteiger partial charge on any atom is 0.410 e. The molecule has 0 aromatic heterocycles. The number of rotatable bonds is 0. The minimum absolute atomic E-state index is 0.124. The number of ether oxygens (including phenoxy) is 1. The van der Waals surface area contributed by atoms with Crippen LogP contribution in [-0.2, 0) is 4.74 Å². The highest BCUT2D eigenvalue weighted by atomic mass is 16.6. The van der Waals surface area contributed by atoms with Gasteiger partial charge in [0.2, 0.25) is 0 Å². The van der Waals surface area contributed by atoms with Crippen molar-refractivity contribution in [1.82, 2.24) is 10.2 Å². The summed E-state index contributed by atoms with van der Waals surface area (Å²) >= 11 is 0. The van der Waals surface area contributed by atoms with E-state index < -0.39 is 5.60 Å². The molecule has 4 nitrogen and oxygen atoms in total. The Balaban J connectivity index is 2.05. The predicted molar refractivity (Wildman–Crippen MR) is 71.6 cm³/mol. The maximum atomic E-state index is 12.3. The Bertz CT molecular complexity index is 299. The zero-order valence-corrected chi connectivity index (χ0v) is 11.9. The first-order valence-corrected chi connectivity index (χ1v) is 7.18. The van der Waals surface area contributed by atoms with Crippen molar-refractivity contribution >= 4 is 6.09 Å². The van der Waals surface area contributed by atoms with E-state index in [9.17, 15) is 4.79 Å². The van der Waals surface area contributed by atoms with Crippen LogP contribution in [0.3, 0.4) is 0 Å². The molecule has 104 valence electrons. The molecule has 1 saturated carbocycles. The third kappa shape index (κ3) is 3.37. The van der Waals surface area contributed by atoms with Crippen LogP contribution in [0, 0.1) is 5.92 Å². The molecule has 1 heterocycles. The Kier molecular flexibility index (Phi) is 4.15. The quantitative estimate of drug-likeness (QED) is 0.721. The Morgan fingerprint density at radius 1 is 1.28 bits per heavy atom. The van der Waals surface area contributed by atoms with E-state index in [0.717, 1.165) is 32.5 Å². The molecule has 4 heteroatoms. The van der Waals surface area contributed by atoms with Crippen LogP contribution in [0.2, 0.25) is 0 Å². The molecular formula is C14H26N2O2. The van der Waals surface area contributed by atoms with Gasteiger partial charge in [0.1, 0.15) is 5.60 Å². The van der Waals surface area contributed by atoms with Crippen LogP contribution >= 0.6 is 0 Å². The molecule has 0 spiro atoms. The van der Waals surface area contributed by atoms with Crippen LogP contribution in [0.25, 0.3) is 0 Å². The molecule has 0 aromatic rings. The van der Waals surface area contributed by atoms with Gasteiger partial charge < -0.3 is 15.0 Å². The van der Waals surface area contributed by atoms with Crippen molar-refractivity contribution in [2.24, 2.45) is 5.92 Å². The molecule has 1 N–H and O–H groups in total. The van der Waals surface area contributed by atoms with Crippen LogP contribution in [0.4, 0.5) is 4.79 Å². The minimum Gasteiger partial charge on any atom is -0.444 e. The van der Waals surface area contributed by atoms with E-state index in [1.54, 1.807) is 0 Å². The summed E-state index contributed by atoms with van der Waals surface area (Å²) in [6.45, 7) is 8.67. The Morgan fingerprint density at radius 2 is 2.06 bits per heavy atom. The molecule has 2 aliphatic rings.